The third-order valence-electron chi connectivity index (χ3n) is 4.16. The van der Waals surface area contributed by atoms with Crippen molar-refractivity contribution in [2.45, 2.75) is 51.7 Å². The highest BCUT2D eigenvalue weighted by molar-refractivity contribution is 5.41. The second-order valence-electron chi connectivity index (χ2n) is 5.47. The Bertz CT molecular complexity index is 472. The second-order valence-corrected chi connectivity index (χ2v) is 5.47. The van der Waals surface area contributed by atoms with Gasteiger partial charge in [0.25, 0.3) is 0 Å². The van der Waals surface area contributed by atoms with Gasteiger partial charge in [-0.1, -0.05) is 56.2 Å². The molecule has 1 saturated carbocycles. The molecule has 0 heterocycles. The van der Waals surface area contributed by atoms with Crippen molar-refractivity contribution in [3.63, 3.8) is 0 Å². The van der Waals surface area contributed by atoms with Crippen molar-refractivity contribution >= 4 is 0 Å². The molecule has 2 atom stereocenters. The lowest BCUT2D eigenvalue weighted by molar-refractivity contribution is -0.0222. The summed E-state index contributed by atoms with van der Waals surface area (Å²) in [4.78, 5) is 0. The van der Waals surface area contributed by atoms with Crippen LogP contribution in [0.5, 0.6) is 0 Å². The number of hydrogen-bond acceptors (Lipinski definition) is 2. The molecule has 1 fully saturated rings. The summed E-state index contributed by atoms with van der Waals surface area (Å²) in [5.74, 6) is 6.78. The van der Waals surface area contributed by atoms with Crippen molar-refractivity contribution < 1.29 is 4.74 Å². The molecule has 1 aliphatic carbocycles. The van der Waals surface area contributed by atoms with Crippen LogP contribution in [0.25, 0.3) is 0 Å². The second kappa shape index (κ2) is 8.09. The lowest BCUT2D eigenvalue weighted by atomic mass is 9.85. The number of nitrogens with two attached hydrogens (primary N) is 1. The lowest BCUT2D eigenvalue weighted by Crippen LogP contribution is -2.27. The Morgan fingerprint density at radius 3 is 2.85 bits per heavy atom. The van der Waals surface area contributed by atoms with Crippen LogP contribution in [0.2, 0.25) is 0 Å². The van der Waals surface area contributed by atoms with Gasteiger partial charge < -0.3 is 10.5 Å². The monoisotopic (exact) mass is 271 g/mol. The molecule has 2 N–H and O–H groups in total. The molecule has 0 spiro atoms. The average molecular weight is 271 g/mol. The highest BCUT2D eigenvalue weighted by Crippen LogP contribution is 2.29. The van der Waals surface area contributed by atoms with Gasteiger partial charge in [-0.3, -0.25) is 0 Å². The molecule has 0 aromatic heterocycles. The zero-order valence-corrected chi connectivity index (χ0v) is 12.4. The van der Waals surface area contributed by atoms with Crippen LogP contribution in [0.4, 0.5) is 0 Å². The highest BCUT2D eigenvalue weighted by atomic mass is 16.5. The summed E-state index contributed by atoms with van der Waals surface area (Å²) in [6.45, 7) is 3.33. The Labute approximate surface area is 122 Å². The third-order valence-corrected chi connectivity index (χ3v) is 4.16. The minimum atomic E-state index is 0.399. The molecule has 2 heteroatoms. The molecule has 0 saturated heterocycles. The first-order valence-corrected chi connectivity index (χ1v) is 7.73. The van der Waals surface area contributed by atoms with Gasteiger partial charge in [0.05, 0.1) is 19.3 Å². The molecule has 108 valence electrons. The van der Waals surface area contributed by atoms with Gasteiger partial charge in [-0.15, -0.1) is 0 Å². The standard InChI is InChI=1S/C18H25NO/c1-2-15-8-5-6-12-18(15)20-14-17-10-4-3-9-16(17)11-7-13-19/h3-4,9-10,15,18H,2,5-6,8,12-14,19H2,1H3. The van der Waals surface area contributed by atoms with Gasteiger partial charge in [0, 0.05) is 5.56 Å². The summed E-state index contributed by atoms with van der Waals surface area (Å²) in [6, 6.07) is 8.20. The Balaban J connectivity index is 1.99. The van der Waals surface area contributed by atoms with E-state index in [2.05, 4.69) is 24.8 Å². The van der Waals surface area contributed by atoms with Crippen LogP contribution in [0, 0.1) is 17.8 Å². The first-order chi connectivity index (χ1) is 9.85. The van der Waals surface area contributed by atoms with E-state index in [4.69, 9.17) is 10.5 Å². The molecule has 0 radical (unpaired) electrons. The molecule has 0 bridgehead atoms. The summed E-state index contributed by atoms with van der Waals surface area (Å²) < 4.78 is 6.19. The zero-order chi connectivity index (χ0) is 14.2. The molecule has 1 aromatic carbocycles. The summed E-state index contributed by atoms with van der Waals surface area (Å²) in [5, 5.41) is 0. The van der Waals surface area contributed by atoms with Crippen molar-refractivity contribution in [1.29, 1.82) is 0 Å². The van der Waals surface area contributed by atoms with Crippen LogP contribution in [-0.4, -0.2) is 12.6 Å². The van der Waals surface area contributed by atoms with E-state index in [1.54, 1.807) is 0 Å². The largest absolute Gasteiger partial charge is 0.373 e. The van der Waals surface area contributed by atoms with Crippen LogP contribution in [-0.2, 0) is 11.3 Å². The number of benzene rings is 1. The van der Waals surface area contributed by atoms with Gasteiger partial charge in [0.1, 0.15) is 0 Å². The van der Waals surface area contributed by atoms with Crippen molar-refractivity contribution in [2.75, 3.05) is 6.54 Å². The van der Waals surface area contributed by atoms with E-state index in [-0.39, 0.29) is 0 Å². The Hall–Kier alpha value is -1.30. The highest BCUT2D eigenvalue weighted by Gasteiger charge is 2.24. The SMILES string of the molecule is CCC1CCCCC1OCc1ccccc1C#CCN. The van der Waals surface area contributed by atoms with E-state index >= 15 is 0 Å². The van der Waals surface area contributed by atoms with E-state index < -0.39 is 0 Å². The molecule has 2 rings (SSSR count). The number of hydrogen-bond donors (Lipinski definition) is 1. The molecule has 20 heavy (non-hydrogen) atoms. The van der Waals surface area contributed by atoms with Gasteiger partial charge in [0.2, 0.25) is 0 Å². The van der Waals surface area contributed by atoms with Crippen LogP contribution in [0.3, 0.4) is 0 Å². The van der Waals surface area contributed by atoms with Gasteiger partial charge in [-0.2, -0.15) is 0 Å². The van der Waals surface area contributed by atoms with E-state index in [1.807, 2.05) is 18.2 Å². The van der Waals surface area contributed by atoms with E-state index in [0.29, 0.717) is 19.3 Å². The van der Waals surface area contributed by atoms with E-state index in [1.165, 1.54) is 37.7 Å². The molecule has 2 nitrogen and oxygen atoms in total. The van der Waals surface area contributed by atoms with Crippen LogP contribution >= 0.6 is 0 Å². The lowest BCUT2D eigenvalue weighted by Gasteiger charge is -2.30. The number of ether oxygens (including phenoxy) is 1. The summed E-state index contributed by atoms with van der Waals surface area (Å²) in [5.41, 5.74) is 7.67. The summed E-state index contributed by atoms with van der Waals surface area (Å²) >= 11 is 0. The van der Waals surface area contributed by atoms with E-state index in [0.717, 1.165) is 11.5 Å². The van der Waals surface area contributed by atoms with Gasteiger partial charge in [-0.25, -0.2) is 0 Å². The molecular formula is C18H25NO. The Kier molecular flexibility index (Phi) is 6.11. The maximum atomic E-state index is 6.19. The summed E-state index contributed by atoms with van der Waals surface area (Å²) in [7, 11) is 0. The molecular weight excluding hydrogens is 246 g/mol. The van der Waals surface area contributed by atoms with Crippen molar-refractivity contribution in [3.05, 3.63) is 35.4 Å². The first kappa shape index (κ1) is 15.1. The fourth-order valence-corrected chi connectivity index (χ4v) is 2.97. The van der Waals surface area contributed by atoms with Crippen LogP contribution < -0.4 is 5.73 Å². The topological polar surface area (TPSA) is 35.2 Å². The number of rotatable bonds is 4. The van der Waals surface area contributed by atoms with Gasteiger partial charge >= 0.3 is 0 Å². The average Bonchev–Trinajstić information content (AvgIpc) is 2.52. The quantitative estimate of drug-likeness (QED) is 0.851. The summed E-state index contributed by atoms with van der Waals surface area (Å²) in [6.07, 6.45) is 6.82. The normalized spacial score (nSPS) is 22.1. The minimum Gasteiger partial charge on any atom is -0.373 e. The molecule has 2 unspecified atom stereocenters. The molecule has 0 aliphatic heterocycles. The van der Waals surface area contributed by atoms with Crippen molar-refractivity contribution in [2.24, 2.45) is 11.7 Å². The van der Waals surface area contributed by atoms with Gasteiger partial charge in [0.15, 0.2) is 0 Å². The molecule has 1 aromatic rings. The fourth-order valence-electron chi connectivity index (χ4n) is 2.97. The predicted octanol–water partition coefficient (Wildman–Crippen LogP) is 3.48. The smallest absolute Gasteiger partial charge is 0.0732 e. The van der Waals surface area contributed by atoms with Crippen molar-refractivity contribution in [3.8, 4) is 11.8 Å². The molecule has 0 amide bonds. The Morgan fingerprint density at radius 2 is 2.05 bits per heavy atom. The fraction of sp³-hybridized carbons (Fsp3) is 0.556. The zero-order valence-electron chi connectivity index (χ0n) is 12.4. The van der Waals surface area contributed by atoms with Crippen LogP contribution in [0.15, 0.2) is 24.3 Å². The van der Waals surface area contributed by atoms with Gasteiger partial charge in [-0.05, 0) is 30.4 Å². The van der Waals surface area contributed by atoms with Crippen LogP contribution in [0.1, 0.15) is 50.2 Å². The first-order valence-electron chi connectivity index (χ1n) is 7.73. The van der Waals surface area contributed by atoms with E-state index in [9.17, 15) is 0 Å². The maximum absolute atomic E-state index is 6.19. The predicted molar refractivity (Wildman–Crippen MR) is 83.2 cm³/mol. The maximum Gasteiger partial charge on any atom is 0.0732 e. The van der Waals surface area contributed by atoms with Crippen molar-refractivity contribution in [1.82, 2.24) is 0 Å². The Morgan fingerprint density at radius 1 is 1.25 bits per heavy atom. The molecule has 1 aliphatic rings. The third kappa shape index (κ3) is 4.10. The minimum absolute atomic E-state index is 0.399.